The second-order valence-electron chi connectivity index (χ2n) is 4.82. The largest absolute Gasteiger partial charge is 0.484 e. The Morgan fingerprint density at radius 3 is 2.90 bits per heavy atom. The highest BCUT2D eigenvalue weighted by Crippen LogP contribution is 2.28. The van der Waals surface area contributed by atoms with Gasteiger partial charge in [-0.2, -0.15) is 0 Å². The van der Waals surface area contributed by atoms with Crippen LogP contribution in [0.1, 0.15) is 25.2 Å². The van der Waals surface area contributed by atoms with E-state index in [1.54, 1.807) is 12.3 Å². The summed E-state index contributed by atoms with van der Waals surface area (Å²) in [6, 6.07) is 7.94. The molecule has 1 N–H and O–H groups in total. The number of hydrogen-bond acceptors (Lipinski definition) is 3. The Hall–Kier alpha value is -0.970. The molecule has 0 spiro atoms. The molecule has 0 radical (unpaired) electrons. The summed E-state index contributed by atoms with van der Waals surface area (Å²) in [7, 11) is 0. The van der Waals surface area contributed by atoms with Gasteiger partial charge in [-0.05, 0) is 24.3 Å². The van der Waals surface area contributed by atoms with Crippen LogP contribution in [0.25, 0.3) is 0 Å². The van der Waals surface area contributed by atoms with E-state index in [4.69, 9.17) is 20.8 Å². The van der Waals surface area contributed by atoms with Crippen molar-refractivity contribution in [3.8, 4) is 5.75 Å². The van der Waals surface area contributed by atoms with E-state index in [0.29, 0.717) is 23.4 Å². The van der Waals surface area contributed by atoms with Crippen LogP contribution >= 0.6 is 27.5 Å². The molecule has 2 aromatic rings. The first-order valence-corrected chi connectivity index (χ1v) is 7.59. The van der Waals surface area contributed by atoms with Gasteiger partial charge in [-0.1, -0.05) is 41.4 Å². The first kappa shape index (κ1) is 15.4. The average Bonchev–Trinajstić information content (AvgIpc) is 2.85. The van der Waals surface area contributed by atoms with E-state index in [1.807, 2.05) is 18.2 Å². The van der Waals surface area contributed by atoms with Gasteiger partial charge in [0.05, 0.1) is 11.3 Å². The molecule has 0 unspecified atom stereocenters. The Morgan fingerprint density at radius 2 is 2.15 bits per heavy atom. The molecule has 20 heavy (non-hydrogen) atoms. The van der Waals surface area contributed by atoms with Crippen LogP contribution in [0.3, 0.4) is 0 Å². The van der Waals surface area contributed by atoms with Crippen molar-refractivity contribution in [1.29, 1.82) is 0 Å². The number of rotatable bonds is 6. The van der Waals surface area contributed by atoms with Gasteiger partial charge in [0.1, 0.15) is 18.1 Å². The third-order valence-corrected chi connectivity index (χ3v) is 3.49. The van der Waals surface area contributed by atoms with Gasteiger partial charge in [-0.3, -0.25) is 0 Å². The van der Waals surface area contributed by atoms with Crippen LogP contribution in [-0.4, -0.2) is 6.04 Å². The number of halogens is 2. The van der Waals surface area contributed by atoms with Gasteiger partial charge >= 0.3 is 0 Å². The van der Waals surface area contributed by atoms with Gasteiger partial charge < -0.3 is 14.5 Å². The predicted octanol–water partition coefficient (Wildman–Crippen LogP) is 4.77. The van der Waals surface area contributed by atoms with Gasteiger partial charge in [0.15, 0.2) is 0 Å². The van der Waals surface area contributed by atoms with Crippen LogP contribution < -0.4 is 10.1 Å². The van der Waals surface area contributed by atoms with E-state index in [1.165, 1.54) is 0 Å². The quantitative estimate of drug-likeness (QED) is 0.807. The van der Waals surface area contributed by atoms with Crippen molar-refractivity contribution in [3.63, 3.8) is 0 Å². The van der Waals surface area contributed by atoms with E-state index >= 15 is 0 Å². The topological polar surface area (TPSA) is 34.4 Å². The molecule has 5 heteroatoms. The zero-order valence-electron chi connectivity index (χ0n) is 11.5. The van der Waals surface area contributed by atoms with Gasteiger partial charge in [0.25, 0.3) is 0 Å². The fourth-order valence-electron chi connectivity index (χ4n) is 1.65. The Labute approximate surface area is 132 Å². The van der Waals surface area contributed by atoms with Crippen molar-refractivity contribution < 1.29 is 9.15 Å². The van der Waals surface area contributed by atoms with Crippen LogP contribution in [0.5, 0.6) is 5.75 Å². The third-order valence-electron chi connectivity index (χ3n) is 2.69. The number of ether oxygens (including phenoxy) is 1. The summed E-state index contributed by atoms with van der Waals surface area (Å²) in [6.45, 7) is 5.37. The molecular weight excluding hydrogens is 342 g/mol. The minimum Gasteiger partial charge on any atom is -0.484 e. The van der Waals surface area contributed by atoms with Crippen LogP contribution in [0.15, 0.2) is 39.4 Å². The maximum atomic E-state index is 6.07. The normalized spacial score (nSPS) is 11.1. The number of furan rings is 1. The van der Waals surface area contributed by atoms with Crippen molar-refractivity contribution in [2.45, 2.75) is 33.0 Å². The van der Waals surface area contributed by atoms with E-state index in [0.717, 1.165) is 22.3 Å². The summed E-state index contributed by atoms with van der Waals surface area (Å²) >= 11 is 9.46. The van der Waals surface area contributed by atoms with Gasteiger partial charge in [-0.15, -0.1) is 0 Å². The highest BCUT2D eigenvalue weighted by molar-refractivity contribution is 9.10. The zero-order chi connectivity index (χ0) is 14.5. The SMILES string of the molecule is CC(C)NCc1coc(COc2cc(Br)ccc2Cl)c1. The van der Waals surface area contributed by atoms with Crippen LogP contribution in [0.2, 0.25) is 5.02 Å². The molecule has 0 aliphatic rings. The molecule has 1 aromatic heterocycles. The van der Waals surface area contributed by atoms with Crippen LogP contribution in [-0.2, 0) is 13.2 Å². The van der Waals surface area contributed by atoms with E-state index in [-0.39, 0.29) is 0 Å². The monoisotopic (exact) mass is 357 g/mol. The highest BCUT2D eigenvalue weighted by Gasteiger charge is 2.06. The predicted molar refractivity (Wildman–Crippen MR) is 84.2 cm³/mol. The summed E-state index contributed by atoms with van der Waals surface area (Å²) in [5.41, 5.74) is 1.11. The second kappa shape index (κ2) is 7.16. The molecule has 0 saturated heterocycles. The molecule has 0 amide bonds. The van der Waals surface area contributed by atoms with Crippen LogP contribution in [0, 0.1) is 0 Å². The standard InChI is InChI=1S/C15H17BrClNO2/c1-10(2)18-7-11-5-13(19-8-11)9-20-15-6-12(16)3-4-14(15)17/h3-6,8,10,18H,7,9H2,1-2H3. The molecule has 1 aromatic carbocycles. The lowest BCUT2D eigenvalue weighted by Crippen LogP contribution is -2.21. The lowest BCUT2D eigenvalue weighted by atomic mass is 10.3. The summed E-state index contributed by atoms with van der Waals surface area (Å²) in [5.74, 6) is 1.42. The molecule has 0 aliphatic carbocycles. The molecule has 0 aliphatic heterocycles. The number of hydrogen-bond donors (Lipinski definition) is 1. The molecular formula is C15H17BrClNO2. The van der Waals surface area contributed by atoms with Crippen molar-refractivity contribution in [3.05, 3.63) is 51.3 Å². The van der Waals surface area contributed by atoms with Crippen LogP contribution in [0.4, 0.5) is 0 Å². The van der Waals surface area contributed by atoms with Gasteiger partial charge in [0, 0.05) is 22.6 Å². The maximum absolute atomic E-state index is 6.07. The number of nitrogens with one attached hydrogen (secondary N) is 1. The van der Waals surface area contributed by atoms with Crippen molar-refractivity contribution in [2.75, 3.05) is 0 Å². The molecule has 0 atom stereocenters. The first-order chi connectivity index (χ1) is 9.54. The Bertz CT molecular complexity index is 569. The molecule has 2 rings (SSSR count). The number of benzene rings is 1. The Morgan fingerprint density at radius 1 is 1.35 bits per heavy atom. The van der Waals surface area contributed by atoms with Crippen molar-refractivity contribution in [2.24, 2.45) is 0 Å². The fraction of sp³-hybridized carbons (Fsp3) is 0.333. The lowest BCUT2D eigenvalue weighted by Gasteiger charge is -2.06. The van der Waals surface area contributed by atoms with Gasteiger partial charge in [0.2, 0.25) is 0 Å². The third kappa shape index (κ3) is 4.54. The molecule has 108 valence electrons. The smallest absolute Gasteiger partial charge is 0.146 e. The first-order valence-electron chi connectivity index (χ1n) is 6.42. The van der Waals surface area contributed by atoms with E-state index < -0.39 is 0 Å². The maximum Gasteiger partial charge on any atom is 0.146 e. The molecule has 3 nitrogen and oxygen atoms in total. The highest BCUT2D eigenvalue weighted by atomic mass is 79.9. The molecule has 1 heterocycles. The summed E-state index contributed by atoms with van der Waals surface area (Å²) in [6.07, 6.45) is 1.75. The minimum atomic E-state index is 0.359. The zero-order valence-corrected chi connectivity index (χ0v) is 13.8. The van der Waals surface area contributed by atoms with E-state index in [9.17, 15) is 0 Å². The minimum absolute atomic E-state index is 0.359. The molecule has 0 fully saturated rings. The molecule has 0 bridgehead atoms. The van der Waals surface area contributed by atoms with E-state index in [2.05, 4.69) is 35.1 Å². The average molecular weight is 359 g/mol. The second-order valence-corrected chi connectivity index (χ2v) is 6.14. The summed E-state index contributed by atoms with van der Waals surface area (Å²) in [5, 5.41) is 3.92. The Balaban J connectivity index is 1.92. The Kier molecular flexibility index (Phi) is 5.52. The fourth-order valence-corrected chi connectivity index (χ4v) is 2.17. The lowest BCUT2D eigenvalue weighted by molar-refractivity contribution is 0.270. The van der Waals surface area contributed by atoms with Gasteiger partial charge in [-0.25, -0.2) is 0 Å². The summed E-state index contributed by atoms with van der Waals surface area (Å²) in [4.78, 5) is 0. The van der Waals surface area contributed by atoms with Crippen molar-refractivity contribution >= 4 is 27.5 Å². The van der Waals surface area contributed by atoms with Crippen molar-refractivity contribution in [1.82, 2.24) is 5.32 Å². The summed E-state index contributed by atoms with van der Waals surface area (Å²) < 4.78 is 12.1. The molecule has 0 saturated carbocycles.